The molecule has 20 heavy (non-hydrogen) atoms. The Labute approximate surface area is 123 Å². The van der Waals surface area contributed by atoms with E-state index >= 15 is 0 Å². The van der Waals surface area contributed by atoms with Crippen LogP contribution in [0.3, 0.4) is 0 Å². The molecule has 0 radical (unpaired) electrons. The van der Waals surface area contributed by atoms with Gasteiger partial charge in [-0.3, -0.25) is 4.79 Å². The molecule has 0 fully saturated rings. The molecule has 1 heterocycles. The van der Waals surface area contributed by atoms with Crippen molar-refractivity contribution < 1.29 is 4.74 Å². The van der Waals surface area contributed by atoms with Gasteiger partial charge in [-0.15, -0.1) is 0 Å². The van der Waals surface area contributed by atoms with Crippen molar-refractivity contribution in [1.29, 1.82) is 0 Å². The van der Waals surface area contributed by atoms with Gasteiger partial charge in [-0.2, -0.15) is 0 Å². The molecule has 0 aliphatic carbocycles. The summed E-state index contributed by atoms with van der Waals surface area (Å²) in [5.74, 6) is 0.735. The minimum absolute atomic E-state index is 0.0231. The first kappa shape index (κ1) is 14.7. The number of pyridine rings is 1. The van der Waals surface area contributed by atoms with E-state index in [1.165, 1.54) is 0 Å². The van der Waals surface area contributed by atoms with Crippen LogP contribution in [-0.2, 0) is 6.54 Å². The first-order valence-electron chi connectivity index (χ1n) is 6.71. The lowest BCUT2D eigenvalue weighted by molar-refractivity contribution is 0.340. The van der Waals surface area contributed by atoms with Gasteiger partial charge in [0.1, 0.15) is 5.75 Å². The molecule has 106 valence electrons. The number of aryl methyl sites for hydroxylation is 1. The van der Waals surface area contributed by atoms with Gasteiger partial charge in [-0.1, -0.05) is 17.7 Å². The molecule has 0 saturated heterocycles. The zero-order valence-corrected chi connectivity index (χ0v) is 12.7. The molecular formula is C16H18ClNO2. The maximum atomic E-state index is 12.2. The number of benzene rings is 1. The average Bonchev–Trinajstić information content (AvgIpc) is 2.43. The van der Waals surface area contributed by atoms with E-state index in [0.29, 0.717) is 18.2 Å². The maximum Gasteiger partial charge on any atom is 0.253 e. The van der Waals surface area contributed by atoms with Gasteiger partial charge in [-0.05, 0) is 45.0 Å². The molecule has 0 unspecified atom stereocenters. The SMILES string of the molecule is CCOc1ccc(-c2ccc(C)c(=O)n2CC)c(Cl)c1. The Morgan fingerprint density at radius 2 is 1.95 bits per heavy atom. The lowest BCUT2D eigenvalue weighted by Gasteiger charge is -2.14. The van der Waals surface area contributed by atoms with E-state index in [9.17, 15) is 4.79 Å². The molecule has 3 nitrogen and oxygen atoms in total. The standard InChI is InChI=1S/C16H18ClNO2/c1-4-18-15(9-6-11(3)16(18)19)13-8-7-12(20-5-2)10-14(13)17/h6-10H,4-5H2,1-3H3. The van der Waals surface area contributed by atoms with Gasteiger partial charge in [0, 0.05) is 17.7 Å². The van der Waals surface area contributed by atoms with Crippen LogP contribution in [0.25, 0.3) is 11.3 Å². The monoisotopic (exact) mass is 291 g/mol. The molecule has 0 saturated carbocycles. The third-order valence-corrected chi connectivity index (χ3v) is 3.52. The molecule has 0 atom stereocenters. The van der Waals surface area contributed by atoms with E-state index in [4.69, 9.17) is 16.3 Å². The smallest absolute Gasteiger partial charge is 0.253 e. The topological polar surface area (TPSA) is 31.2 Å². The number of hydrogen-bond acceptors (Lipinski definition) is 2. The molecule has 1 aromatic carbocycles. The number of aromatic nitrogens is 1. The second kappa shape index (κ2) is 6.14. The fourth-order valence-electron chi connectivity index (χ4n) is 2.20. The highest BCUT2D eigenvalue weighted by Gasteiger charge is 2.11. The zero-order chi connectivity index (χ0) is 14.7. The molecule has 0 aliphatic heterocycles. The zero-order valence-electron chi connectivity index (χ0n) is 11.9. The number of halogens is 1. The highest BCUT2D eigenvalue weighted by molar-refractivity contribution is 6.33. The molecule has 1 aromatic heterocycles. The lowest BCUT2D eigenvalue weighted by atomic mass is 10.1. The quantitative estimate of drug-likeness (QED) is 0.855. The Bertz CT molecular complexity index is 677. The van der Waals surface area contributed by atoms with Gasteiger partial charge in [0.25, 0.3) is 5.56 Å². The molecule has 2 aromatic rings. The fourth-order valence-corrected chi connectivity index (χ4v) is 2.46. The molecule has 4 heteroatoms. The van der Waals surface area contributed by atoms with Crippen LogP contribution in [0.4, 0.5) is 0 Å². The Kier molecular flexibility index (Phi) is 4.50. The molecular weight excluding hydrogens is 274 g/mol. The first-order valence-corrected chi connectivity index (χ1v) is 7.09. The van der Waals surface area contributed by atoms with Crippen molar-refractivity contribution in [1.82, 2.24) is 4.57 Å². The van der Waals surface area contributed by atoms with Crippen LogP contribution in [-0.4, -0.2) is 11.2 Å². The van der Waals surface area contributed by atoms with Crippen LogP contribution in [0, 0.1) is 6.92 Å². The van der Waals surface area contributed by atoms with E-state index in [1.807, 2.05) is 45.0 Å². The summed E-state index contributed by atoms with van der Waals surface area (Å²) in [6.45, 7) is 6.90. The normalized spacial score (nSPS) is 10.6. The molecule has 0 N–H and O–H groups in total. The molecule has 0 bridgehead atoms. The van der Waals surface area contributed by atoms with Gasteiger partial charge < -0.3 is 9.30 Å². The van der Waals surface area contributed by atoms with Crippen molar-refractivity contribution in [2.75, 3.05) is 6.61 Å². The van der Waals surface area contributed by atoms with Crippen LogP contribution in [0.2, 0.25) is 5.02 Å². The fraction of sp³-hybridized carbons (Fsp3) is 0.312. The van der Waals surface area contributed by atoms with E-state index in [2.05, 4.69) is 0 Å². The summed E-state index contributed by atoms with van der Waals surface area (Å²) in [5, 5.41) is 0.585. The van der Waals surface area contributed by atoms with Crippen LogP contribution in [0.1, 0.15) is 19.4 Å². The van der Waals surface area contributed by atoms with Crippen molar-refractivity contribution in [3.05, 3.63) is 51.3 Å². The van der Waals surface area contributed by atoms with Crippen LogP contribution in [0.15, 0.2) is 35.1 Å². The van der Waals surface area contributed by atoms with E-state index in [0.717, 1.165) is 22.6 Å². The maximum absolute atomic E-state index is 12.2. The Balaban J connectivity index is 2.57. The number of ether oxygens (including phenoxy) is 1. The summed E-state index contributed by atoms with van der Waals surface area (Å²) >= 11 is 6.33. The summed E-state index contributed by atoms with van der Waals surface area (Å²) in [4.78, 5) is 12.2. The van der Waals surface area contributed by atoms with Crippen LogP contribution < -0.4 is 10.3 Å². The number of nitrogens with zero attached hydrogens (tertiary/aromatic N) is 1. The number of hydrogen-bond donors (Lipinski definition) is 0. The van der Waals surface area contributed by atoms with Crippen molar-refractivity contribution in [3.8, 4) is 17.0 Å². The summed E-state index contributed by atoms with van der Waals surface area (Å²) < 4.78 is 7.16. The largest absolute Gasteiger partial charge is 0.494 e. The highest BCUT2D eigenvalue weighted by atomic mass is 35.5. The Hall–Kier alpha value is -1.74. The van der Waals surface area contributed by atoms with Gasteiger partial charge in [0.2, 0.25) is 0 Å². The van der Waals surface area contributed by atoms with Crippen molar-refractivity contribution in [2.45, 2.75) is 27.3 Å². The first-order chi connectivity index (χ1) is 9.58. The summed E-state index contributed by atoms with van der Waals surface area (Å²) in [6, 6.07) is 9.31. The van der Waals surface area contributed by atoms with Crippen LogP contribution in [0.5, 0.6) is 5.75 Å². The van der Waals surface area contributed by atoms with Gasteiger partial charge >= 0.3 is 0 Å². The Morgan fingerprint density at radius 3 is 2.55 bits per heavy atom. The van der Waals surface area contributed by atoms with E-state index < -0.39 is 0 Å². The van der Waals surface area contributed by atoms with E-state index in [-0.39, 0.29) is 5.56 Å². The van der Waals surface area contributed by atoms with Crippen molar-refractivity contribution in [2.24, 2.45) is 0 Å². The third kappa shape index (κ3) is 2.73. The predicted octanol–water partition coefficient (Wildman–Crippen LogP) is 3.90. The van der Waals surface area contributed by atoms with E-state index in [1.54, 1.807) is 10.6 Å². The predicted molar refractivity (Wildman–Crippen MR) is 82.7 cm³/mol. The number of rotatable bonds is 4. The third-order valence-electron chi connectivity index (χ3n) is 3.21. The van der Waals surface area contributed by atoms with Gasteiger partial charge in [0.05, 0.1) is 17.3 Å². The molecule has 2 rings (SSSR count). The van der Waals surface area contributed by atoms with Gasteiger partial charge in [0.15, 0.2) is 0 Å². The minimum Gasteiger partial charge on any atom is -0.494 e. The van der Waals surface area contributed by atoms with Crippen LogP contribution >= 0.6 is 11.6 Å². The summed E-state index contributed by atoms with van der Waals surface area (Å²) in [7, 11) is 0. The summed E-state index contributed by atoms with van der Waals surface area (Å²) in [5.41, 5.74) is 2.43. The average molecular weight is 292 g/mol. The summed E-state index contributed by atoms with van der Waals surface area (Å²) in [6.07, 6.45) is 0. The molecule has 0 aliphatic rings. The Morgan fingerprint density at radius 1 is 1.20 bits per heavy atom. The second-order valence-corrected chi connectivity index (χ2v) is 4.93. The molecule has 0 amide bonds. The van der Waals surface area contributed by atoms with Gasteiger partial charge in [-0.25, -0.2) is 0 Å². The van der Waals surface area contributed by atoms with Crippen molar-refractivity contribution in [3.63, 3.8) is 0 Å². The second-order valence-electron chi connectivity index (χ2n) is 4.53. The molecule has 0 spiro atoms. The van der Waals surface area contributed by atoms with Crippen molar-refractivity contribution >= 4 is 11.6 Å². The lowest BCUT2D eigenvalue weighted by Crippen LogP contribution is -2.22. The minimum atomic E-state index is 0.0231. The highest BCUT2D eigenvalue weighted by Crippen LogP contribution is 2.30.